The molecular weight excluding hydrogens is 281 g/mol. The molecule has 0 aliphatic carbocycles. The molecular formula is C14H17F3N4. The third kappa shape index (κ3) is 4.04. The zero-order valence-electron chi connectivity index (χ0n) is 11.9. The first-order chi connectivity index (χ1) is 9.88. The highest BCUT2D eigenvalue weighted by Gasteiger charge is 2.30. The molecule has 4 nitrogen and oxygen atoms in total. The van der Waals surface area contributed by atoms with Gasteiger partial charge in [0.25, 0.3) is 0 Å². The Morgan fingerprint density at radius 3 is 2.43 bits per heavy atom. The maximum atomic E-state index is 12.5. The van der Waals surface area contributed by atoms with Gasteiger partial charge in [-0.25, -0.2) is 9.67 Å². The molecule has 1 heterocycles. The molecule has 0 fully saturated rings. The van der Waals surface area contributed by atoms with Crippen LogP contribution in [0.4, 0.5) is 13.2 Å². The molecule has 1 aromatic heterocycles. The molecule has 1 N–H and O–H groups in total. The average Bonchev–Trinajstić information content (AvgIpc) is 2.86. The van der Waals surface area contributed by atoms with E-state index in [-0.39, 0.29) is 0 Å². The monoisotopic (exact) mass is 298 g/mol. The van der Waals surface area contributed by atoms with E-state index in [4.69, 9.17) is 0 Å². The smallest absolute Gasteiger partial charge is 0.310 e. The van der Waals surface area contributed by atoms with Gasteiger partial charge >= 0.3 is 6.18 Å². The minimum Gasteiger partial charge on any atom is -0.310 e. The van der Waals surface area contributed by atoms with E-state index in [0.717, 1.165) is 18.7 Å². The molecule has 114 valence electrons. The molecule has 0 atom stereocenters. The second kappa shape index (κ2) is 6.26. The van der Waals surface area contributed by atoms with E-state index in [1.807, 2.05) is 0 Å². The van der Waals surface area contributed by atoms with Crippen molar-refractivity contribution < 1.29 is 13.2 Å². The molecule has 0 saturated heterocycles. The van der Waals surface area contributed by atoms with Gasteiger partial charge in [-0.05, 0) is 36.7 Å². The molecule has 0 saturated carbocycles. The highest BCUT2D eigenvalue weighted by Crippen LogP contribution is 2.29. The van der Waals surface area contributed by atoms with Gasteiger partial charge in [-0.1, -0.05) is 13.8 Å². The van der Waals surface area contributed by atoms with Crippen LogP contribution >= 0.6 is 0 Å². The van der Waals surface area contributed by atoms with E-state index in [1.165, 1.54) is 23.1 Å². The first kappa shape index (κ1) is 15.5. The second-order valence-electron chi connectivity index (χ2n) is 5.16. The maximum Gasteiger partial charge on any atom is 0.416 e. The fourth-order valence-electron chi connectivity index (χ4n) is 1.87. The predicted molar refractivity (Wildman–Crippen MR) is 72.9 cm³/mol. The van der Waals surface area contributed by atoms with Gasteiger partial charge in [0.1, 0.15) is 12.2 Å². The van der Waals surface area contributed by atoms with Gasteiger partial charge in [0.15, 0.2) is 0 Å². The third-order valence-electron chi connectivity index (χ3n) is 2.89. The van der Waals surface area contributed by atoms with Crippen molar-refractivity contribution in [1.29, 1.82) is 0 Å². The standard InChI is InChI=1S/C14H17F3N4/c1-10(2)7-18-8-13-19-9-20-21(13)12-5-3-11(4-6-12)14(15,16)17/h3-6,9-10,18H,7-8H2,1-2H3. The van der Waals surface area contributed by atoms with E-state index in [1.54, 1.807) is 0 Å². The Bertz CT molecular complexity index is 573. The maximum absolute atomic E-state index is 12.5. The first-order valence-electron chi connectivity index (χ1n) is 6.65. The normalized spacial score (nSPS) is 12.1. The van der Waals surface area contributed by atoms with Crippen LogP contribution in [-0.4, -0.2) is 21.3 Å². The Morgan fingerprint density at radius 1 is 1.19 bits per heavy atom. The van der Waals surface area contributed by atoms with Gasteiger partial charge in [-0.2, -0.15) is 18.3 Å². The largest absolute Gasteiger partial charge is 0.416 e. The minimum absolute atomic E-state index is 0.507. The number of hydrogen-bond donors (Lipinski definition) is 1. The minimum atomic E-state index is -4.33. The Kier molecular flexibility index (Phi) is 4.62. The molecule has 0 unspecified atom stereocenters. The molecule has 1 aromatic carbocycles. The van der Waals surface area contributed by atoms with E-state index >= 15 is 0 Å². The summed E-state index contributed by atoms with van der Waals surface area (Å²) >= 11 is 0. The zero-order chi connectivity index (χ0) is 15.5. The van der Waals surface area contributed by atoms with Crippen LogP contribution in [0, 0.1) is 5.92 Å². The second-order valence-corrected chi connectivity index (χ2v) is 5.16. The van der Waals surface area contributed by atoms with Crippen molar-refractivity contribution >= 4 is 0 Å². The van der Waals surface area contributed by atoms with Crippen molar-refractivity contribution in [3.8, 4) is 5.69 Å². The fraction of sp³-hybridized carbons (Fsp3) is 0.429. The molecule has 0 aliphatic rings. The third-order valence-corrected chi connectivity index (χ3v) is 2.89. The van der Waals surface area contributed by atoms with E-state index in [0.29, 0.717) is 24.0 Å². The molecule has 21 heavy (non-hydrogen) atoms. The number of benzene rings is 1. The number of aromatic nitrogens is 3. The SMILES string of the molecule is CC(C)CNCc1ncnn1-c1ccc(C(F)(F)F)cc1. The van der Waals surface area contributed by atoms with Crippen molar-refractivity contribution in [3.05, 3.63) is 42.0 Å². The van der Waals surface area contributed by atoms with Gasteiger partial charge in [-0.3, -0.25) is 0 Å². The quantitative estimate of drug-likeness (QED) is 0.922. The fourth-order valence-corrected chi connectivity index (χ4v) is 1.87. The van der Waals surface area contributed by atoms with Crippen LogP contribution in [0.1, 0.15) is 25.2 Å². The van der Waals surface area contributed by atoms with Crippen molar-refractivity contribution in [3.63, 3.8) is 0 Å². The van der Waals surface area contributed by atoms with Crippen LogP contribution in [0.25, 0.3) is 5.69 Å². The number of hydrogen-bond acceptors (Lipinski definition) is 3. The van der Waals surface area contributed by atoms with Gasteiger partial charge in [0, 0.05) is 0 Å². The van der Waals surface area contributed by atoms with E-state index in [2.05, 4.69) is 29.2 Å². The average molecular weight is 298 g/mol. The summed E-state index contributed by atoms with van der Waals surface area (Å²) in [6.07, 6.45) is -2.94. The number of rotatable bonds is 5. The van der Waals surface area contributed by atoms with Crippen LogP contribution in [0.5, 0.6) is 0 Å². The summed E-state index contributed by atoms with van der Waals surface area (Å²) in [5, 5.41) is 7.29. The highest BCUT2D eigenvalue weighted by atomic mass is 19.4. The summed E-state index contributed by atoms with van der Waals surface area (Å²) in [7, 11) is 0. The number of halogens is 3. The van der Waals surface area contributed by atoms with Crippen molar-refractivity contribution in [1.82, 2.24) is 20.1 Å². The van der Waals surface area contributed by atoms with E-state index < -0.39 is 11.7 Å². The molecule has 0 aliphatic heterocycles. The lowest BCUT2D eigenvalue weighted by Gasteiger charge is -2.10. The van der Waals surface area contributed by atoms with Crippen LogP contribution in [-0.2, 0) is 12.7 Å². The lowest BCUT2D eigenvalue weighted by Crippen LogP contribution is -2.21. The lowest BCUT2D eigenvalue weighted by molar-refractivity contribution is -0.137. The molecule has 7 heteroatoms. The van der Waals surface area contributed by atoms with Crippen LogP contribution < -0.4 is 5.32 Å². The molecule has 0 spiro atoms. The Hall–Kier alpha value is -1.89. The molecule has 0 bridgehead atoms. The number of nitrogens with one attached hydrogen (secondary N) is 1. The van der Waals surface area contributed by atoms with Crippen molar-refractivity contribution in [2.45, 2.75) is 26.6 Å². The van der Waals surface area contributed by atoms with Gasteiger partial charge in [0.2, 0.25) is 0 Å². The molecule has 0 amide bonds. The van der Waals surface area contributed by atoms with Gasteiger partial charge in [-0.15, -0.1) is 0 Å². The summed E-state index contributed by atoms with van der Waals surface area (Å²) in [6, 6.07) is 4.87. The topological polar surface area (TPSA) is 42.7 Å². The van der Waals surface area contributed by atoms with Gasteiger partial charge < -0.3 is 5.32 Å². The number of nitrogens with zero attached hydrogens (tertiary/aromatic N) is 3. The Morgan fingerprint density at radius 2 is 1.86 bits per heavy atom. The summed E-state index contributed by atoms with van der Waals surface area (Å²) < 4.78 is 39.2. The zero-order valence-corrected chi connectivity index (χ0v) is 11.9. The summed E-state index contributed by atoms with van der Waals surface area (Å²) in [6.45, 7) is 5.53. The Labute approximate surface area is 121 Å². The highest BCUT2D eigenvalue weighted by molar-refractivity contribution is 5.35. The van der Waals surface area contributed by atoms with Gasteiger partial charge in [0.05, 0.1) is 17.8 Å². The van der Waals surface area contributed by atoms with E-state index in [9.17, 15) is 13.2 Å². The van der Waals surface area contributed by atoms with Crippen LogP contribution in [0.15, 0.2) is 30.6 Å². The Balaban J connectivity index is 2.13. The number of alkyl halides is 3. The molecule has 2 rings (SSSR count). The molecule has 0 radical (unpaired) electrons. The predicted octanol–water partition coefficient (Wildman–Crippen LogP) is 3.03. The van der Waals surface area contributed by atoms with Crippen molar-refractivity contribution in [2.75, 3.05) is 6.54 Å². The van der Waals surface area contributed by atoms with Crippen LogP contribution in [0.3, 0.4) is 0 Å². The lowest BCUT2D eigenvalue weighted by atomic mass is 10.2. The summed E-state index contributed by atoms with van der Waals surface area (Å²) in [4.78, 5) is 4.13. The summed E-state index contributed by atoms with van der Waals surface area (Å²) in [5.74, 6) is 1.17. The van der Waals surface area contributed by atoms with Crippen molar-refractivity contribution in [2.24, 2.45) is 5.92 Å². The summed E-state index contributed by atoms with van der Waals surface area (Å²) in [5.41, 5.74) is -0.118. The first-order valence-corrected chi connectivity index (χ1v) is 6.65. The van der Waals surface area contributed by atoms with Crippen LogP contribution in [0.2, 0.25) is 0 Å². The molecule has 2 aromatic rings.